The van der Waals surface area contributed by atoms with Crippen molar-refractivity contribution in [2.45, 2.75) is 6.92 Å². The van der Waals surface area contributed by atoms with E-state index in [1.165, 1.54) is 0 Å². The number of nitrogens with zero attached hydrogens (tertiary/aromatic N) is 4. The second-order valence-electron chi connectivity index (χ2n) is 6.44. The molecule has 0 radical (unpaired) electrons. The Morgan fingerprint density at radius 2 is 1.63 bits per heavy atom. The first-order chi connectivity index (χ1) is 14.7. The van der Waals surface area contributed by atoms with E-state index in [4.69, 9.17) is 4.74 Å². The molecule has 0 saturated carbocycles. The number of anilines is 2. The summed E-state index contributed by atoms with van der Waals surface area (Å²) in [5, 5.41) is 23.4. The van der Waals surface area contributed by atoms with E-state index in [0.717, 1.165) is 11.3 Å². The molecule has 6 heteroatoms. The van der Waals surface area contributed by atoms with Crippen LogP contribution in [-0.2, 0) is 0 Å². The number of pyridine rings is 2. The summed E-state index contributed by atoms with van der Waals surface area (Å²) in [5.41, 5.74) is 3.37. The molecule has 0 atom stereocenters. The summed E-state index contributed by atoms with van der Waals surface area (Å²) >= 11 is 0. The number of fused-ring (bicyclic) bond motifs is 1. The number of nitrogens with one attached hydrogen (secondary N) is 1. The van der Waals surface area contributed by atoms with Crippen LogP contribution in [0.3, 0.4) is 0 Å². The number of hydrogen-bond donors (Lipinski definition) is 1. The Labute approximate surface area is 174 Å². The molecule has 0 aliphatic rings. The molecule has 0 saturated heterocycles. The lowest BCUT2D eigenvalue weighted by Gasteiger charge is -2.15. The van der Waals surface area contributed by atoms with Crippen molar-refractivity contribution in [2.75, 3.05) is 11.9 Å². The van der Waals surface area contributed by atoms with E-state index in [-0.39, 0.29) is 5.88 Å². The van der Waals surface area contributed by atoms with Crippen LogP contribution in [-0.4, -0.2) is 16.6 Å². The molecule has 2 heterocycles. The minimum atomic E-state index is 0.231. The Morgan fingerprint density at radius 1 is 0.933 bits per heavy atom. The number of ether oxygens (including phenoxy) is 1. The Bertz CT molecular complexity index is 1290. The molecule has 144 valence electrons. The molecule has 0 aliphatic carbocycles. The minimum absolute atomic E-state index is 0.231. The van der Waals surface area contributed by atoms with Gasteiger partial charge in [0.2, 0.25) is 5.88 Å². The summed E-state index contributed by atoms with van der Waals surface area (Å²) in [6.45, 7) is 2.20. The highest BCUT2D eigenvalue weighted by molar-refractivity contribution is 5.98. The second-order valence-corrected chi connectivity index (χ2v) is 6.44. The molecule has 2 aromatic carbocycles. The van der Waals surface area contributed by atoms with Crippen LogP contribution < -0.4 is 10.1 Å². The van der Waals surface area contributed by atoms with E-state index >= 15 is 0 Å². The van der Waals surface area contributed by atoms with Gasteiger partial charge in [-0.25, -0.2) is 4.98 Å². The Morgan fingerprint density at radius 3 is 2.27 bits per heavy atom. The largest absolute Gasteiger partial charge is 0.477 e. The van der Waals surface area contributed by atoms with Crippen LogP contribution >= 0.6 is 0 Å². The number of nitriles is 2. The first-order valence-electron chi connectivity index (χ1n) is 9.44. The van der Waals surface area contributed by atoms with E-state index in [2.05, 4.69) is 27.4 Å². The third kappa shape index (κ3) is 3.50. The smallest absolute Gasteiger partial charge is 0.234 e. The van der Waals surface area contributed by atoms with Crippen LogP contribution in [0, 0.1) is 22.7 Å². The maximum Gasteiger partial charge on any atom is 0.234 e. The molecule has 1 N–H and O–H groups in total. The van der Waals surface area contributed by atoms with Gasteiger partial charge < -0.3 is 10.1 Å². The first-order valence-corrected chi connectivity index (χ1v) is 9.44. The predicted octanol–water partition coefficient (Wildman–Crippen LogP) is 5.18. The molecule has 0 spiro atoms. The number of aromatic nitrogens is 2. The number of rotatable bonds is 5. The van der Waals surface area contributed by atoms with Crippen LogP contribution in [0.2, 0.25) is 0 Å². The lowest BCUT2D eigenvalue weighted by Crippen LogP contribution is -2.04. The van der Waals surface area contributed by atoms with Crippen LogP contribution in [0.1, 0.15) is 18.1 Å². The van der Waals surface area contributed by atoms with E-state index in [0.29, 0.717) is 40.1 Å². The molecule has 2 aromatic heterocycles. The van der Waals surface area contributed by atoms with Crippen molar-refractivity contribution < 1.29 is 4.74 Å². The highest BCUT2D eigenvalue weighted by Gasteiger charge is 2.20. The quantitative estimate of drug-likeness (QED) is 0.503. The Kier molecular flexibility index (Phi) is 5.23. The normalized spacial score (nSPS) is 10.2. The minimum Gasteiger partial charge on any atom is -0.477 e. The zero-order valence-electron chi connectivity index (χ0n) is 16.3. The van der Waals surface area contributed by atoms with Gasteiger partial charge >= 0.3 is 0 Å². The van der Waals surface area contributed by atoms with Crippen molar-refractivity contribution in [1.82, 2.24) is 9.97 Å². The SMILES string of the molecule is CCOc1nc2nc(Nc3ccccc3)c(C#N)cc2c(-c2ccccc2)c1C#N. The van der Waals surface area contributed by atoms with Gasteiger partial charge in [0.05, 0.1) is 12.2 Å². The third-order valence-corrected chi connectivity index (χ3v) is 4.56. The van der Waals surface area contributed by atoms with E-state index < -0.39 is 0 Å². The van der Waals surface area contributed by atoms with Crippen molar-refractivity contribution in [3.63, 3.8) is 0 Å². The van der Waals surface area contributed by atoms with Crippen LogP contribution in [0.25, 0.3) is 22.2 Å². The van der Waals surface area contributed by atoms with Gasteiger partial charge in [0.25, 0.3) is 0 Å². The summed E-state index contributed by atoms with van der Waals surface area (Å²) in [4.78, 5) is 9.11. The van der Waals surface area contributed by atoms with Crippen molar-refractivity contribution in [3.8, 4) is 29.1 Å². The van der Waals surface area contributed by atoms with Crippen molar-refractivity contribution in [2.24, 2.45) is 0 Å². The van der Waals surface area contributed by atoms with E-state index in [1.54, 1.807) is 6.07 Å². The standard InChI is InChI=1S/C24H17N5O/c1-2-30-24-20(15-26)21(16-9-5-3-6-10-16)19-13-17(14-25)22(28-23(19)29-24)27-18-11-7-4-8-12-18/h3-13H,2H2,1H3,(H,27,28,29). The fourth-order valence-corrected chi connectivity index (χ4v) is 3.25. The molecule has 30 heavy (non-hydrogen) atoms. The molecule has 0 aliphatic heterocycles. The highest BCUT2D eigenvalue weighted by Crippen LogP contribution is 2.37. The molecule has 0 fully saturated rings. The molecule has 4 rings (SSSR count). The van der Waals surface area contributed by atoms with Crippen LogP contribution in [0.15, 0.2) is 66.7 Å². The van der Waals surface area contributed by atoms with Gasteiger partial charge in [0, 0.05) is 16.6 Å². The van der Waals surface area contributed by atoms with Crippen molar-refractivity contribution in [1.29, 1.82) is 10.5 Å². The third-order valence-electron chi connectivity index (χ3n) is 4.56. The number of benzene rings is 2. The summed E-state index contributed by atoms with van der Waals surface area (Å²) in [7, 11) is 0. The monoisotopic (exact) mass is 391 g/mol. The molecule has 0 bridgehead atoms. The molecular formula is C24H17N5O. The van der Waals surface area contributed by atoms with E-state index in [1.807, 2.05) is 67.6 Å². The predicted molar refractivity (Wildman–Crippen MR) is 115 cm³/mol. The van der Waals surface area contributed by atoms with Gasteiger partial charge in [-0.1, -0.05) is 48.5 Å². The average molecular weight is 391 g/mol. The highest BCUT2D eigenvalue weighted by atomic mass is 16.5. The lowest BCUT2D eigenvalue weighted by molar-refractivity contribution is 0.327. The van der Waals surface area contributed by atoms with Gasteiger partial charge in [-0.05, 0) is 30.7 Å². The number of para-hydroxylation sites is 1. The Balaban J connectivity index is 2.01. The van der Waals surface area contributed by atoms with Gasteiger partial charge in [-0.3, -0.25) is 0 Å². The maximum absolute atomic E-state index is 9.85. The van der Waals surface area contributed by atoms with E-state index in [9.17, 15) is 10.5 Å². The van der Waals surface area contributed by atoms with Crippen molar-refractivity contribution >= 4 is 22.5 Å². The average Bonchev–Trinajstić information content (AvgIpc) is 2.79. The fraction of sp³-hybridized carbons (Fsp3) is 0.0833. The zero-order chi connectivity index (χ0) is 20.9. The zero-order valence-corrected chi connectivity index (χ0v) is 16.3. The Hall–Kier alpha value is -4.42. The lowest BCUT2D eigenvalue weighted by atomic mass is 9.97. The summed E-state index contributed by atoms with van der Waals surface area (Å²) < 4.78 is 5.65. The fourth-order valence-electron chi connectivity index (χ4n) is 3.25. The van der Waals surface area contributed by atoms with Gasteiger partial charge in [0.1, 0.15) is 17.7 Å². The topological polar surface area (TPSA) is 94.6 Å². The van der Waals surface area contributed by atoms with Crippen LogP contribution in [0.4, 0.5) is 11.5 Å². The molecule has 0 unspecified atom stereocenters. The second kappa shape index (κ2) is 8.30. The van der Waals surface area contributed by atoms with Gasteiger partial charge in [-0.2, -0.15) is 15.5 Å². The van der Waals surface area contributed by atoms with Gasteiger partial charge in [-0.15, -0.1) is 0 Å². The summed E-state index contributed by atoms with van der Waals surface area (Å²) in [5.74, 6) is 0.629. The summed E-state index contributed by atoms with van der Waals surface area (Å²) in [6.07, 6.45) is 0. The molecule has 4 aromatic rings. The maximum atomic E-state index is 9.85. The molecule has 6 nitrogen and oxygen atoms in total. The van der Waals surface area contributed by atoms with Gasteiger partial charge in [0.15, 0.2) is 11.5 Å². The summed E-state index contributed by atoms with van der Waals surface area (Å²) in [6, 6.07) is 25.1. The molecular weight excluding hydrogens is 374 g/mol. The number of hydrogen-bond acceptors (Lipinski definition) is 6. The first kappa shape index (κ1) is 18.9. The van der Waals surface area contributed by atoms with Crippen molar-refractivity contribution in [3.05, 3.63) is 77.9 Å². The van der Waals surface area contributed by atoms with Crippen LogP contribution in [0.5, 0.6) is 5.88 Å². The molecule has 0 amide bonds.